The first kappa shape index (κ1) is 18.7. The van der Waals surface area contributed by atoms with E-state index in [2.05, 4.69) is 10.3 Å². The van der Waals surface area contributed by atoms with Crippen molar-refractivity contribution in [3.8, 4) is 10.6 Å². The molecule has 0 bridgehead atoms. The van der Waals surface area contributed by atoms with Crippen molar-refractivity contribution >= 4 is 23.2 Å². The minimum Gasteiger partial charge on any atom is -0.451 e. The molecule has 3 aromatic rings. The van der Waals surface area contributed by atoms with Gasteiger partial charge in [0.25, 0.3) is 5.91 Å². The highest BCUT2D eigenvalue weighted by Gasteiger charge is 2.16. The molecule has 1 aromatic heterocycles. The first-order valence-electron chi connectivity index (χ1n) is 8.26. The van der Waals surface area contributed by atoms with Gasteiger partial charge in [-0.3, -0.25) is 4.79 Å². The lowest BCUT2D eigenvalue weighted by Crippen LogP contribution is -2.31. The van der Waals surface area contributed by atoms with Crippen LogP contribution in [-0.2, 0) is 9.53 Å². The third-order valence-electron chi connectivity index (χ3n) is 3.82. The number of carbonyl (C=O) groups excluding carboxylic acids is 2. The van der Waals surface area contributed by atoms with Crippen LogP contribution in [0.3, 0.4) is 0 Å². The van der Waals surface area contributed by atoms with E-state index in [0.29, 0.717) is 10.6 Å². The number of aromatic nitrogens is 1. The van der Waals surface area contributed by atoms with Gasteiger partial charge in [-0.15, -0.1) is 11.3 Å². The lowest BCUT2D eigenvalue weighted by atomic mass is 10.1. The largest absolute Gasteiger partial charge is 0.451 e. The number of thiazole rings is 1. The number of halogens is 1. The minimum atomic E-state index is -0.679. The van der Waals surface area contributed by atoms with Crippen molar-refractivity contribution in [2.75, 3.05) is 6.61 Å². The second-order valence-corrected chi connectivity index (χ2v) is 6.68. The number of hydrogen-bond acceptors (Lipinski definition) is 5. The van der Waals surface area contributed by atoms with Crippen LogP contribution in [0.1, 0.15) is 29.0 Å². The van der Waals surface area contributed by atoms with Crippen molar-refractivity contribution in [1.29, 1.82) is 0 Å². The van der Waals surface area contributed by atoms with Gasteiger partial charge in [-0.2, -0.15) is 0 Å². The molecule has 3 rings (SSSR count). The number of benzene rings is 2. The number of esters is 1. The molecule has 0 radical (unpaired) electrons. The van der Waals surface area contributed by atoms with E-state index in [1.807, 2.05) is 37.3 Å². The number of hydrogen-bond donors (Lipinski definition) is 1. The molecule has 7 heteroatoms. The highest BCUT2D eigenvalue weighted by atomic mass is 32.1. The second-order valence-electron chi connectivity index (χ2n) is 5.82. The van der Waals surface area contributed by atoms with E-state index in [0.717, 1.165) is 5.56 Å². The highest BCUT2D eigenvalue weighted by molar-refractivity contribution is 7.13. The monoisotopic (exact) mass is 384 g/mol. The smallest absolute Gasteiger partial charge is 0.358 e. The van der Waals surface area contributed by atoms with E-state index in [9.17, 15) is 14.0 Å². The number of rotatable bonds is 6. The van der Waals surface area contributed by atoms with Gasteiger partial charge in [-0.25, -0.2) is 14.2 Å². The van der Waals surface area contributed by atoms with Crippen molar-refractivity contribution in [2.45, 2.75) is 13.0 Å². The molecule has 0 fully saturated rings. The van der Waals surface area contributed by atoms with Crippen molar-refractivity contribution in [3.05, 3.63) is 77.1 Å². The van der Waals surface area contributed by atoms with E-state index in [1.165, 1.54) is 23.5 Å². The highest BCUT2D eigenvalue weighted by Crippen LogP contribution is 2.24. The Hall–Kier alpha value is -3.06. The summed E-state index contributed by atoms with van der Waals surface area (Å²) in [5.41, 5.74) is 1.78. The lowest BCUT2D eigenvalue weighted by molar-refractivity contribution is -0.124. The van der Waals surface area contributed by atoms with E-state index >= 15 is 0 Å². The van der Waals surface area contributed by atoms with Crippen molar-refractivity contribution in [3.63, 3.8) is 0 Å². The maximum absolute atomic E-state index is 13.0. The molecule has 1 atom stereocenters. The van der Waals surface area contributed by atoms with Crippen LogP contribution in [0, 0.1) is 5.82 Å². The topological polar surface area (TPSA) is 68.3 Å². The zero-order valence-corrected chi connectivity index (χ0v) is 15.3. The van der Waals surface area contributed by atoms with Crippen LogP contribution in [0.2, 0.25) is 0 Å². The average Bonchev–Trinajstić information content (AvgIpc) is 3.17. The Morgan fingerprint density at radius 1 is 1.15 bits per heavy atom. The summed E-state index contributed by atoms with van der Waals surface area (Å²) in [6.45, 7) is 1.46. The molecule has 0 aliphatic heterocycles. The third-order valence-corrected chi connectivity index (χ3v) is 4.71. The average molecular weight is 384 g/mol. The summed E-state index contributed by atoms with van der Waals surface area (Å²) >= 11 is 1.24. The van der Waals surface area contributed by atoms with Gasteiger partial charge in [-0.05, 0) is 36.8 Å². The van der Waals surface area contributed by atoms with Gasteiger partial charge in [-0.1, -0.05) is 30.3 Å². The van der Waals surface area contributed by atoms with Crippen molar-refractivity contribution in [2.24, 2.45) is 0 Å². The Bertz CT molecular complexity index is 926. The standard InChI is InChI=1S/C20H17FN2O3S/c1-13(14-5-3-2-4-6-14)22-18(24)11-26-20(25)17-12-27-19(23-17)15-7-9-16(21)10-8-15/h2-10,12-13H,11H2,1H3,(H,22,24)/t13-/m0/s1. The number of nitrogens with one attached hydrogen (secondary N) is 1. The predicted molar refractivity (Wildman–Crippen MR) is 101 cm³/mol. The number of ether oxygens (including phenoxy) is 1. The number of amides is 1. The van der Waals surface area contributed by atoms with Crippen LogP contribution < -0.4 is 5.32 Å². The Kier molecular flexibility index (Phi) is 5.93. The van der Waals surface area contributed by atoms with E-state index in [4.69, 9.17) is 4.74 Å². The Morgan fingerprint density at radius 2 is 1.85 bits per heavy atom. The number of nitrogens with zero attached hydrogens (tertiary/aromatic N) is 1. The van der Waals surface area contributed by atoms with E-state index in [-0.39, 0.29) is 24.2 Å². The SMILES string of the molecule is C[C@H](NC(=O)COC(=O)c1csc(-c2ccc(F)cc2)n1)c1ccccc1. The molecule has 0 aliphatic carbocycles. The Balaban J connectivity index is 1.53. The molecule has 0 saturated carbocycles. The maximum atomic E-state index is 13.0. The molecule has 138 valence electrons. The van der Waals surface area contributed by atoms with E-state index < -0.39 is 11.9 Å². The van der Waals surface area contributed by atoms with Crippen LogP contribution >= 0.6 is 11.3 Å². The van der Waals surface area contributed by atoms with Gasteiger partial charge < -0.3 is 10.1 Å². The fraction of sp³-hybridized carbons (Fsp3) is 0.150. The Labute approximate surface area is 159 Å². The number of carbonyl (C=O) groups is 2. The predicted octanol–water partition coefficient (Wildman–Crippen LogP) is 3.98. The zero-order valence-electron chi connectivity index (χ0n) is 14.5. The molecule has 27 heavy (non-hydrogen) atoms. The summed E-state index contributed by atoms with van der Waals surface area (Å²) in [6.07, 6.45) is 0. The third kappa shape index (κ3) is 4.98. The summed E-state index contributed by atoms with van der Waals surface area (Å²) in [4.78, 5) is 28.3. The molecule has 1 amide bonds. The molecular formula is C20H17FN2O3S. The first-order chi connectivity index (χ1) is 13.0. The zero-order chi connectivity index (χ0) is 19.2. The molecule has 0 unspecified atom stereocenters. The molecule has 2 aromatic carbocycles. The first-order valence-corrected chi connectivity index (χ1v) is 9.14. The summed E-state index contributed by atoms with van der Waals surface area (Å²) in [5, 5.41) is 4.89. The minimum absolute atomic E-state index is 0.114. The summed E-state index contributed by atoms with van der Waals surface area (Å²) in [7, 11) is 0. The van der Waals surface area contributed by atoms with Gasteiger partial charge in [0.1, 0.15) is 10.8 Å². The molecule has 1 N–H and O–H groups in total. The van der Waals surface area contributed by atoms with Crippen LogP contribution in [0.15, 0.2) is 60.0 Å². The van der Waals surface area contributed by atoms with Crippen molar-refractivity contribution in [1.82, 2.24) is 10.3 Å². The van der Waals surface area contributed by atoms with Gasteiger partial charge in [0.05, 0.1) is 6.04 Å². The molecule has 0 spiro atoms. The fourth-order valence-corrected chi connectivity index (χ4v) is 3.20. The molecular weight excluding hydrogens is 367 g/mol. The van der Waals surface area contributed by atoms with Crippen molar-refractivity contribution < 1.29 is 18.7 Å². The van der Waals surface area contributed by atoms with E-state index in [1.54, 1.807) is 17.5 Å². The van der Waals surface area contributed by atoms with Gasteiger partial charge >= 0.3 is 5.97 Å². The van der Waals surface area contributed by atoms with Gasteiger partial charge in [0.15, 0.2) is 12.3 Å². The summed E-state index contributed by atoms with van der Waals surface area (Å²) in [5.74, 6) is -1.42. The van der Waals surface area contributed by atoms with Gasteiger partial charge in [0.2, 0.25) is 0 Å². The second kappa shape index (κ2) is 8.55. The normalized spacial score (nSPS) is 11.6. The molecule has 0 aliphatic rings. The van der Waals surface area contributed by atoms with Crippen LogP contribution in [0.5, 0.6) is 0 Å². The van der Waals surface area contributed by atoms with Crippen LogP contribution in [0.25, 0.3) is 10.6 Å². The summed E-state index contributed by atoms with van der Waals surface area (Å²) in [6, 6.07) is 15.1. The molecule has 5 nitrogen and oxygen atoms in total. The van der Waals surface area contributed by atoms with Crippen LogP contribution in [-0.4, -0.2) is 23.5 Å². The summed E-state index contributed by atoms with van der Waals surface area (Å²) < 4.78 is 18.0. The molecule has 0 saturated heterocycles. The van der Waals surface area contributed by atoms with Crippen LogP contribution in [0.4, 0.5) is 4.39 Å². The molecule has 1 heterocycles. The quantitative estimate of drug-likeness (QED) is 0.653. The maximum Gasteiger partial charge on any atom is 0.358 e. The lowest BCUT2D eigenvalue weighted by Gasteiger charge is -2.14. The Morgan fingerprint density at radius 3 is 2.56 bits per heavy atom. The van der Waals surface area contributed by atoms with Gasteiger partial charge in [0, 0.05) is 10.9 Å². The fourth-order valence-electron chi connectivity index (χ4n) is 2.41.